The molecule has 1 aromatic rings. The van der Waals surface area contributed by atoms with Crippen LogP contribution < -0.4 is 0 Å². The van der Waals surface area contributed by atoms with Crippen molar-refractivity contribution in [1.82, 2.24) is 15.1 Å². The molecule has 0 spiro atoms. The number of rotatable bonds is 5. The smallest absolute Gasteiger partial charge is 0.309 e. The van der Waals surface area contributed by atoms with Crippen LogP contribution in [0, 0.1) is 11.3 Å². The lowest BCUT2D eigenvalue weighted by atomic mass is 9.74. The number of carbonyl (C=O) groups is 1. The highest BCUT2D eigenvalue weighted by molar-refractivity contribution is 5.74. The summed E-state index contributed by atoms with van der Waals surface area (Å²) in [6, 6.07) is 0. The van der Waals surface area contributed by atoms with E-state index in [9.17, 15) is 9.90 Å². The number of carboxylic acids is 1. The van der Waals surface area contributed by atoms with Gasteiger partial charge in [-0.05, 0) is 39.2 Å². The molecule has 0 saturated carbocycles. The van der Waals surface area contributed by atoms with E-state index in [2.05, 4.69) is 15.1 Å². The minimum absolute atomic E-state index is 0.155. The maximum Gasteiger partial charge on any atom is 0.309 e. The molecular weight excluding hydrogens is 258 g/mol. The number of piperidine rings is 1. The number of hydrogen-bond acceptors (Lipinski definition) is 5. The Bertz CT molecular complexity index is 470. The van der Waals surface area contributed by atoms with Crippen molar-refractivity contribution >= 4 is 5.97 Å². The summed E-state index contributed by atoms with van der Waals surface area (Å²) in [5.41, 5.74) is -0.692. The van der Waals surface area contributed by atoms with Crippen LogP contribution in [0.25, 0.3) is 0 Å². The van der Waals surface area contributed by atoms with Gasteiger partial charge in [0, 0.05) is 13.0 Å². The van der Waals surface area contributed by atoms with Crippen molar-refractivity contribution in [2.75, 3.05) is 13.1 Å². The summed E-state index contributed by atoms with van der Waals surface area (Å²) in [5, 5.41) is 17.3. The van der Waals surface area contributed by atoms with E-state index in [-0.39, 0.29) is 5.92 Å². The van der Waals surface area contributed by atoms with E-state index in [1.165, 1.54) is 0 Å². The number of aliphatic carboxylic acids is 1. The molecule has 1 N–H and O–H groups in total. The minimum Gasteiger partial charge on any atom is -0.481 e. The Morgan fingerprint density at radius 2 is 2.15 bits per heavy atom. The van der Waals surface area contributed by atoms with Gasteiger partial charge in [0.15, 0.2) is 0 Å². The molecule has 1 saturated heterocycles. The highest BCUT2D eigenvalue weighted by atomic mass is 16.4. The summed E-state index contributed by atoms with van der Waals surface area (Å²) < 4.78 is 5.52. The predicted octanol–water partition coefficient (Wildman–Crippen LogP) is 1.95. The monoisotopic (exact) mass is 281 g/mol. The maximum absolute atomic E-state index is 11.4. The molecule has 2 heterocycles. The minimum atomic E-state index is -0.726. The van der Waals surface area contributed by atoms with Gasteiger partial charge in [-0.2, -0.15) is 0 Å². The fraction of sp³-hybridized carbons (Fsp3) is 0.786. The molecule has 1 aliphatic rings. The van der Waals surface area contributed by atoms with Gasteiger partial charge in [0.05, 0.1) is 12.0 Å². The lowest BCUT2D eigenvalue weighted by molar-refractivity contribution is -0.151. The molecule has 1 unspecified atom stereocenters. The van der Waals surface area contributed by atoms with Crippen LogP contribution in [0.15, 0.2) is 4.42 Å². The van der Waals surface area contributed by atoms with Crippen LogP contribution in [0.5, 0.6) is 0 Å². The average molecular weight is 281 g/mol. The zero-order valence-electron chi connectivity index (χ0n) is 12.4. The van der Waals surface area contributed by atoms with Gasteiger partial charge >= 0.3 is 5.97 Å². The Kier molecular flexibility index (Phi) is 4.42. The van der Waals surface area contributed by atoms with E-state index >= 15 is 0 Å². The summed E-state index contributed by atoms with van der Waals surface area (Å²) in [7, 11) is 0. The number of aryl methyl sites for hydroxylation is 1. The molecule has 6 nitrogen and oxygen atoms in total. The summed E-state index contributed by atoms with van der Waals surface area (Å²) in [6.07, 6.45) is 2.71. The standard InChI is InChI=1S/C14H23N3O3/c1-4-11-15-16-12(20-11)9-17-7-5-6-10(8-17)14(2,3)13(18)19/h10H,4-9H2,1-3H3,(H,18,19). The number of nitrogens with zero attached hydrogens (tertiary/aromatic N) is 3. The molecule has 1 aliphatic heterocycles. The quantitative estimate of drug-likeness (QED) is 0.888. The normalized spacial score (nSPS) is 21.1. The second-order valence-corrected chi connectivity index (χ2v) is 6.04. The number of likely N-dealkylation sites (tertiary alicyclic amines) is 1. The Balaban J connectivity index is 1.98. The van der Waals surface area contributed by atoms with Gasteiger partial charge < -0.3 is 9.52 Å². The Labute approximate surface area is 119 Å². The molecule has 0 bridgehead atoms. The van der Waals surface area contributed by atoms with Gasteiger partial charge in [0.2, 0.25) is 11.8 Å². The van der Waals surface area contributed by atoms with Crippen molar-refractivity contribution in [3.8, 4) is 0 Å². The van der Waals surface area contributed by atoms with Crippen LogP contribution in [0.3, 0.4) is 0 Å². The van der Waals surface area contributed by atoms with Crippen molar-refractivity contribution in [2.24, 2.45) is 11.3 Å². The molecule has 6 heteroatoms. The molecule has 112 valence electrons. The van der Waals surface area contributed by atoms with Gasteiger partial charge in [0.1, 0.15) is 0 Å². The molecule has 0 amide bonds. The first-order chi connectivity index (χ1) is 9.43. The van der Waals surface area contributed by atoms with Gasteiger partial charge in [-0.15, -0.1) is 10.2 Å². The second kappa shape index (κ2) is 5.91. The topological polar surface area (TPSA) is 79.5 Å². The fourth-order valence-corrected chi connectivity index (χ4v) is 2.65. The van der Waals surface area contributed by atoms with Gasteiger partial charge in [0.25, 0.3) is 0 Å². The third-order valence-corrected chi connectivity index (χ3v) is 4.25. The summed E-state index contributed by atoms with van der Waals surface area (Å²) in [4.78, 5) is 13.6. The van der Waals surface area contributed by atoms with Crippen molar-refractivity contribution in [1.29, 1.82) is 0 Å². The zero-order chi connectivity index (χ0) is 14.8. The fourth-order valence-electron chi connectivity index (χ4n) is 2.65. The van der Waals surface area contributed by atoms with E-state index in [1.807, 2.05) is 20.8 Å². The van der Waals surface area contributed by atoms with Crippen molar-refractivity contribution in [2.45, 2.75) is 46.6 Å². The molecule has 20 heavy (non-hydrogen) atoms. The first kappa shape index (κ1) is 15.0. The van der Waals surface area contributed by atoms with E-state index < -0.39 is 11.4 Å². The average Bonchev–Trinajstić information content (AvgIpc) is 2.86. The lowest BCUT2D eigenvalue weighted by Gasteiger charge is -2.38. The molecule has 2 rings (SSSR count). The molecule has 1 aromatic heterocycles. The first-order valence-electron chi connectivity index (χ1n) is 7.20. The van der Waals surface area contributed by atoms with Crippen LogP contribution in [-0.4, -0.2) is 39.3 Å². The molecule has 0 aliphatic carbocycles. The molecular formula is C14H23N3O3. The van der Waals surface area contributed by atoms with Crippen LogP contribution in [0.4, 0.5) is 0 Å². The van der Waals surface area contributed by atoms with Crippen LogP contribution in [-0.2, 0) is 17.8 Å². The first-order valence-corrected chi connectivity index (χ1v) is 7.20. The predicted molar refractivity (Wildman–Crippen MR) is 73.1 cm³/mol. The third kappa shape index (κ3) is 3.17. The third-order valence-electron chi connectivity index (χ3n) is 4.25. The summed E-state index contributed by atoms with van der Waals surface area (Å²) in [6.45, 7) is 7.93. The summed E-state index contributed by atoms with van der Waals surface area (Å²) >= 11 is 0. The number of aromatic nitrogens is 2. The van der Waals surface area contributed by atoms with E-state index in [1.54, 1.807) is 0 Å². The van der Waals surface area contributed by atoms with Gasteiger partial charge in [-0.25, -0.2) is 0 Å². The van der Waals surface area contributed by atoms with E-state index in [4.69, 9.17) is 4.42 Å². The molecule has 1 fully saturated rings. The highest BCUT2D eigenvalue weighted by Gasteiger charge is 2.39. The Hall–Kier alpha value is -1.43. The van der Waals surface area contributed by atoms with Crippen molar-refractivity contribution in [3.05, 3.63) is 11.8 Å². The number of carboxylic acid groups (broad SMARTS) is 1. The van der Waals surface area contributed by atoms with Crippen LogP contribution in [0.1, 0.15) is 45.4 Å². The second-order valence-electron chi connectivity index (χ2n) is 6.04. The number of hydrogen-bond donors (Lipinski definition) is 1. The van der Waals surface area contributed by atoms with E-state index in [0.717, 1.165) is 32.4 Å². The van der Waals surface area contributed by atoms with E-state index in [0.29, 0.717) is 18.3 Å². The van der Waals surface area contributed by atoms with Gasteiger partial charge in [-0.1, -0.05) is 6.92 Å². The molecule has 0 aromatic carbocycles. The van der Waals surface area contributed by atoms with Crippen LogP contribution >= 0.6 is 0 Å². The maximum atomic E-state index is 11.4. The van der Waals surface area contributed by atoms with Crippen LogP contribution in [0.2, 0.25) is 0 Å². The lowest BCUT2D eigenvalue weighted by Crippen LogP contribution is -2.44. The molecule has 0 radical (unpaired) electrons. The zero-order valence-corrected chi connectivity index (χ0v) is 12.4. The molecule has 1 atom stereocenters. The van der Waals surface area contributed by atoms with Crippen molar-refractivity contribution in [3.63, 3.8) is 0 Å². The summed E-state index contributed by atoms with van der Waals surface area (Å²) in [5.74, 6) is 0.702. The highest BCUT2D eigenvalue weighted by Crippen LogP contribution is 2.34. The van der Waals surface area contributed by atoms with Crippen molar-refractivity contribution < 1.29 is 14.3 Å². The van der Waals surface area contributed by atoms with Gasteiger partial charge in [-0.3, -0.25) is 9.69 Å². The Morgan fingerprint density at radius 3 is 2.75 bits per heavy atom. The largest absolute Gasteiger partial charge is 0.481 e. The SMILES string of the molecule is CCc1nnc(CN2CCCC(C(C)(C)C(=O)O)C2)o1. The Morgan fingerprint density at radius 1 is 1.45 bits per heavy atom.